The van der Waals surface area contributed by atoms with Gasteiger partial charge in [-0.2, -0.15) is 5.10 Å². The van der Waals surface area contributed by atoms with Gasteiger partial charge in [0.25, 0.3) is 0 Å². The number of carbonyl (C=O) groups excluding carboxylic acids is 1. The lowest BCUT2D eigenvalue weighted by molar-refractivity contribution is -0.116. The molecule has 1 heterocycles. The summed E-state index contributed by atoms with van der Waals surface area (Å²) in [6.07, 6.45) is 6.88. The molecule has 1 saturated carbocycles. The lowest BCUT2D eigenvalue weighted by Crippen LogP contribution is -2.27. The van der Waals surface area contributed by atoms with E-state index in [0.717, 1.165) is 23.9 Å². The molecule has 2 rings (SSSR count). The van der Waals surface area contributed by atoms with Crippen LogP contribution in [0.4, 0.5) is 5.82 Å². The molecule has 0 unspecified atom stereocenters. The van der Waals surface area contributed by atoms with E-state index in [4.69, 9.17) is 5.10 Å². The minimum Gasteiger partial charge on any atom is -0.311 e. The quantitative estimate of drug-likeness (QED) is 0.862. The van der Waals surface area contributed by atoms with Crippen molar-refractivity contribution in [2.45, 2.75) is 91.0 Å². The summed E-state index contributed by atoms with van der Waals surface area (Å²) in [4.78, 5) is 12.4. The molecule has 4 nitrogen and oxygen atoms in total. The van der Waals surface area contributed by atoms with E-state index in [1.807, 2.05) is 10.7 Å². The second kappa shape index (κ2) is 6.66. The molecular formula is C19H33N3O. The average Bonchev–Trinajstić information content (AvgIpc) is 3.03. The Labute approximate surface area is 141 Å². The maximum absolute atomic E-state index is 12.4. The van der Waals surface area contributed by atoms with Gasteiger partial charge in [-0.05, 0) is 33.1 Å². The van der Waals surface area contributed by atoms with E-state index in [2.05, 4.69) is 46.9 Å². The number of hydrogen-bond donors (Lipinski definition) is 1. The third-order valence-electron chi connectivity index (χ3n) is 4.64. The van der Waals surface area contributed by atoms with Gasteiger partial charge in [-0.15, -0.1) is 0 Å². The molecule has 23 heavy (non-hydrogen) atoms. The van der Waals surface area contributed by atoms with Crippen molar-refractivity contribution in [1.82, 2.24) is 9.78 Å². The summed E-state index contributed by atoms with van der Waals surface area (Å²) >= 11 is 0. The van der Waals surface area contributed by atoms with E-state index in [1.165, 1.54) is 25.7 Å². The van der Waals surface area contributed by atoms with Crippen LogP contribution in [0.15, 0.2) is 6.07 Å². The first-order valence-electron chi connectivity index (χ1n) is 8.98. The standard InChI is InChI=1S/C19H33N3O/c1-18(2,3)15-13-16(22(21-15)19(4,5)6)20-17(23)12-11-14-9-7-8-10-14/h13-14H,7-12H2,1-6H3,(H,20,23). The van der Waals surface area contributed by atoms with Crippen molar-refractivity contribution in [2.24, 2.45) is 5.92 Å². The molecule has 1 N–H and O–H groups in total. The predicted octanol–water partition coefficient (Wildman–Crippen LogP) is 4.84. The second-order valence-electron chi connectivity index (χ2n) is 8.98. The van der Waals surface area contributed by atoms with Gasteiger partial charge in [-0.25, -0.2) is 4.68 Å². The van der Waals surface area contributed by atoms with Crippen LogP contribution in [0.1, 0.15) is 85.8 Å². The summed E-state index contributed by atoms with van der Waals surface area (Å²) in [5.41, 5.74) is 0.829. The van der Waals surface area contributed by atoms with E-state index in [0.29, 0.717) is 6.42 Å². The molecule has 1 aliphatic carbocycles. The van der Waals surface area contributed by atoms with Crippen LogP contribution in [0, 0.1) is 5.92 Å². The highest BCUT2D eigenvalue weighted by atomic mass is 16.1. The zero-order valence-corrected chi connectivity index (χ0v) is 15.7. The van der Waals surface area contributed by atoms with Crippen LogP contribution in [-0.4, -0.2) is 15.7 Å². The number of rotatable bonds is 4. The highest BCUT2D eigenvalue weighted by Gasteiger charge is 2.26. The number of nitrogens with zero attached hydrogens (tertiary/aromatic N) is 2. The summed E-state index contributed by atoms with van der Waals surface area (Å²) in [5, 5.41) is 7.84. The molecule has 0 radical (unpaired) electrons. The van der Waals surface area contributed by atoms with Crippen LogP contribution >= 0.6 is 0 Å². The Morgan fingerprint density at radius 3 is 2.35 bits per heavy atom. The van der Waals surface area contributed by atoms with Gasteiger partial charge in [-0.1, -0.05) is 46.5 Å². The Balaban J connectivity index is 2.07. The van der Waals surface area contributed by atoms with E-state index in [9.17, 15) is 4.79 Å². The first kappa shape index (κ1) is 18.0. The topological polar surface area (TPSA) is 46.9 Å². The summed E-state index contributed by atoms with van der Waals surface area (Å²) in [5.74, 6) is 1.68. The fraction of sp³-hybridized carbons (Fsp3) is 0.789. The van der Waals surface area contributed by atoms with E-state index >= 15 is 0 Å². The molecule has 0 bridgehead atoms. The number of aromatic nitrogens is 2. The average molecular weight is 319 g/mol. The highest BCUT2D eigenvalue weighted by molar-refractivity contribution is 5.90. The van der Waals surface area contributed by atoms with Crippen molar-refractivity contribution < 1.29 is 4.79 Å². The van der Waals surface area contributed by atoms with Crippen molar-refractivity contribution in [3.63, 3.8) is 0 Å². The molecular weight excluding hydrogens is 286 g/mol. The molecule has 0 atom stereocenters. The Hall–Kier alpha value is -1.32. The summed E-state index contributed by atoms with van der Waals surface area (Å²) in [7, 11) is 0. The van der Waals surface area contributed by atoms with Crippen molar-refractivity contribution in [3.05, 3.63) is 11.8 Å². The second-order valence-corrected chi connectivity index (χ2v) is 8.98. The normalized spacial score (nSPS) is 16.8. The molecule has 0 spiro atoms. The van der Waals surface area contributed by atoms with E-state index < -0.39 is 0 Å². The van der Waals surface area contributed by atoms with Gasteiger partial charge in [0, 0.05) is 17.9 Å². The lowest BCUT2D eigenvalue weighted by Gasteiger charge is -2.23. The number of amides is 1. The van der Waals surface area contributed by atoms with Gasteiger partial charge < -0.3 is 5.32 Å². The molecule has 4 heteroatoms. The molecule has 1 fully saturated rings. The smallest absolute Gasteiger partial charge is 0.225 e. The summed E-state index contributed by atoms with van der Waals surface area (Å²) in [6, 6.07) is 2.03. The first-order valence-corrected chi connectivity index (χ1v) is 8.98. The Morgan fingerprint density at radius 1 is 1.22 bits per heavy atom. The van der Waals surface area contributed by atoms with Crippen LogP contribution in [0.2, 0.25) is 0 Å². The van der Waals surface area contributed by atoms with Crippen molar-refractivity contribution in [2.75, 3.05) is 5.32 Å². The largest absolute Gasteiger partial charge is 0.311 e. The lowest BCUT2D eigenvalue weighted by atomic mass is 9.92. The predicted molar refractivity (Wildman–Crippen MR) is 95.7 cm³/mol. The molecule has 0 saturated heterocycles. The molecule has 130 valence electrons. The first-order chi connectivity index (χ1) is 10.6. The number of nitrogens with one attached hydrogen (secondary N) is 1. The third-order valence-corrected chi connectivity index (χ3v) is 4.64. The van der Waals surface area contributed by atoms with Crippen LogP contribution in [0.3, 0.4) is 0 Å². The molecule has 1 aromatic heterocycles. The van der Waals surface area contributed by atoms with Crippen LogP contribution in [-0.2, 0) is 15.7 Å². The Kier molecular flexibility index (Phi) is 5.22. The van der Waals surface area contributed by atoms with Crippen molar-refractivity contribution in [3.8, 4) is 0 Å². The van der Waals surface area contributed by atoms with Gasteiger partial charge in [0.15, 0.2) is 0 Å². The molecule has 0 aliphatic heterocycles. The van der Waals surface area contributed by atoms with E-state index in [-0.39, 0.29) is 16.9 Å². The van der Waals surface area contributed by atoms with Gasteiger partial charge in [-0.3, -0.25) is 4.79 Å². The van der Waals surface area contributed by atoms with Crippen molar-refractivity contribution in [1.29, 1.82) is 0 Å². The molecule has 1 aromatic rings. The van der Waals surface area contributed by atoms with Crippen molar-refractivity contribution >= 4 is 11.7 Å². The maximum Gasteiger partial charge on any atom is 0.225 e. The zero-order valence-electron chi connectivity index (χ0n) is 15.7. The van der Waals surface area contributed by atoms with Gasteiger partial charge in [0.05, 0.1) is 11.2 Å². The van der Waals surface area contributed by atoms with Crippen LogP contribution in [0.25, 0.3) is 0 Å². The Morgan fingerprint density at radius 2 is 1.83 bits per heavy atom. The Bertz CT molecular complexity index is 540. The SMILES string of the molecule is CC(C)(C)c1cc(NC(=O)CCC2CCCC2)n(C(C)(C)C)n1. The summed E-state index contributed by atoms with van der Waals surface area (Å²) in [6.45, 7) is 12.8. The summed E-state index contributed by atoms with van der Waals surface area (Å²) < 4.78 is 1.95. The molecule has 1 amide bonds. The molecule has 1 aliphatic rings. The monoisotopic (exact) mass is 319 g/mol. The van der Waals surface area contributed by atoms with Gasteiger partial charge in [0.1, 0.15) is 5.82 Å². The highest BCUT2D eigenvalue weighted by Crippen LogP contribution is 2.30. The fourth-order valence-electron chi connectivity index (χ4n) is 3.19. The van der Waals surface area contributed by atoms with Crippen LogP contribution < -0.4 is 5.32 Å². The van der Waals surface area contributed by atoms with Crippen LogP contribution in [0.5, 0.6) is 0 Å². The van der Waals surface area contributed by atoms with Gasteiger partial charge in [0.2, 0.25) is 5.91 Å². The number of carbonyl (C=O) groups is 1. The maximum atomic E-state index is 12.4. The van der Waals surface area contributed by atoms with E-state index in [1.54, 1.807) is 0 Å². The fourth-order valence-corrected chi connectivity index (χ4v) is 3.19. The zero-order chi connectivity index (χ0) is 17.3. The molecule has 0 aromatic carbocycles. The number of hydrogen-bond acceptors (Lipinski definition) is 2. The van der Waals surface area contributed by atoms with Gasteiger partial charge >= 0.3 is 0 Å². The number of anilines is 1. The third kappa shape index (κ3) is 4.82. The minimum absolute atomic E-state index is 0.0280. The minimum atomic E-state index is -0.155.